The lowest BCUT2D eigenvalue weighted by molar-refractivity contribution is 0.686. The molecule has 0 saturated carbocycles. The Kier molecular flexibility index (Phi) is 4.14. The van der Waals surface area contributed by atoms with Crippen LogP contribution >= 0.6 is 0 Å². The molecule has 3 heteroatoms. The molecular formula is C11H17NOS. The molecule has 78 valence electrons. The van der Waals surface area contributed by atoms with Crippen LogP contribution in [0.5, 0.6) is 0 Å². The number of anilines is 1. The fourth-order valence-corrected chi connectivity index (χ4v) is 1.97. The van der Waals surface area contributed by atoms with E-state index in [1.807, 2.05) is 18.2 Å². The molecule has 0 bridgehead atoms. The largest absolute Gasteiger partial charge is 0.383 e. The molecular weight excluding hydrogens is 194 g/mol. The molecule has 1 unspecified atom stereocenters. The van der Waals surface area contributed by atoms with Crippen LogP contribution in [0, 0.1) is 0 Å². The first-order chi connectivity index (χ1) is 6.58. The standard InChI is InChI=1S/C11H17NOS/c1-9(2)12-11-6-4-5-10(7-11)8-14(3)13/h4-7,9,12H,8H2,1-3H3. The second kappa shape index (κ2) is 5.15. The maximum Gasteiger partial charge on any atom is 0.0483 e. The van der Waals surface area contributed by atoms with Crippen molar-refractivity contribution in [2.24, 2.45) is 0 Å². The highest BCUT2D eigenvalue weighted by Crippen LogP contribution is 2.12. The molecule has 0 heterocycles. The van der Waals surface area contributed by atoms with E-state index >= 15 is 0 Å². The molecule has 0 aromatic heterocycles. The van der Waals surface area contributed by atoms with Crippen LogP contribution in [-0.4, -0.2) is 16.5 Å². The van der Waals surface area contributed by atoms with Crippen molar-refractivity contribution in [3.05, 3.63) is 29.8 Å². The zero-order valence-corrected chi connectivity index (χ0v) is 9.73. The van der Waals surface area contributed by atoms with Gasteiger partial charge in [0, 0.05) is 34.5 Å². The van der Waals surface area contributed by atoms with Gasteiger partial charge in [0.25, 0.3) is 0 Å². The molecule has 14 heavy (non-hydrogen) atoms. The topological polar surface area (TPSA) is 29.1 Å². The summed E-state index contributed by atoms with van der Waals surface area (Å²) in [6.07, 6.45) is 1.72. The molecule has 0 radical (unpaired) electrons. The first-order valence-corrected chi connectivity index (χ1v) is 6.46. The lowest BCUT2D eigenvalue weighted by Gasteiger charge is -2.10. The molecule has 0 aliphatic carbocycles. The summed E-state index contributed by atoms with van der Waals surface area (Å²) in [6.45, 7) is 4.20. The van der Waals surface area contributed by atoms with E-state index in [1.165, 1.54) is 0 Å². The zero-order valence-electron chi connectivity index (χ0n) is 8.91. The Morgan fingerprint density at radius 3 is 2.71 bits per heavy atom. The van der Waals surface area contributed by atoms with Crippen molar-refractivity contribution in [1.29, 1.82) is 0 Å². The Morgan fingerprint density at radius 2 is 2.14 bits per heavy atom. The molecule has 1 N–H and O–H groups in total. The highest BCUT2D eigenvalue weighted by molar-refractivity contribution is 7.83. The molecule has 1 aromatic carbocycles. The second-order valence-corrected chi connectivity index (χ2v) is 5.15. The van der Waals surface area contributed by atoms with Crippen molar-refractivity contribution >= 4 is 16.5 Å². The molecule has 0 aliphatic rings. The lowest BCUT2D eigenvalue weighted by Crippen LogP contribution is -2.09. The van der Waals surface area contributed by atoms with E-state index in [9.17, 15) is 4.21 Å². The third-order valence-electron chi connectivity index (χ3n) is 1.75. The van der Waals surface area contributed by atoms with E-state index in [4.69, 9.17) is 0 Å². The van der Waals surface area contributed by atoms with Gasteiger partial charge >= 0.3 is 0 Å². The first-order valence-electron chi connectivity index (χ1n) is 4.73. The van der Waals surface area contributed by atoms with Crippen molar-refractivity contribution < 1.29 is 4.21 Å². The monoisotopic (exact) mass is 211 g/mol. The van der Waals surface area contributed by atoms with Crippen LogP contribution in [-0.2, 0) is 16.6 Å². The van der Waals surface area contributed by atoms with Crippen LogP contribution < -0.4 is 5.32 Å². The van der Waals surface area contributed by atoms with Gasteiger partial charge in [0.15, 0.2) is 0 Å². The molecule has 0 spiro atoms. The SMILES string of the molecule is CC(C)Nc1cccc(CS(C)=O)c1. The van der Waals surface area contributed by atoms with Crippen molar-refractivity contribution in [3.8, 4) is 0 Å². The average molecular weight is 211 g/mol. The molecule has 0 aliphatic heterocycles. The summed E-state index contributed by atoms with van der Waals surface area (Å²) in [6, 6.07) is 8.51. The maximum atomic E-state index is 11.0. The normalized spacial score (nSPS) is 12.9. The smallest absolute Gasteiger partial charge is 0.0483 e. The van der Waals surface area contributed by atoms with E-state index in [2.05, 4.69) is 25.2 Å². The van der Waals surface area contributed by atoms with E-state index in [0.717, 1.165) is 11.3 Å². The average Bonchev–Trinajstić information content (AvgIpc) is 2.01. The number of hydrogen-bond donors (Lipinski definition) is 1. The zero-order chi connectivity index (χ0) is 10.6. The van der Waals surface area contributed by atoms with Gasteiger partial charge in [-0.2, -0.15) is 0 Å². The summed E-state index contributed by atoms with van der Waals surface area (Å²) >= 11 is 0. The van der Waals surface area contributed by atoms with Crippen LogP contribution in [0.15, 0.2) is 24.3 Å². The summed E-state index contributed by atoms with van der Waals surface area (Å²) in [4.78, 5) is 0. The van der Waals surface area contributed by atoms with E-state index in [-0.39, 0.29) is 0 Å². The number of rotatable bonds is 4. The van der Waals surface area contributed by atoms with Crippen molar-refractivity contribution in [2.45, 2.75) is 25.6 Å². The van der Waals surface area contributed by atoms with Crippen molar-refractivity contribution in [1.82, 2.24) is 0 Å². The lowest BCUT2D eigenvalue weighted by atomic mass is 10.2. The Morgan fingerprint density at radius 1 is 1.43 bits per heavy atom. The summed E-state index contributed by atoms with van der Waals surface area (Å²) in [5, 5.41) is 3.32. The van der Waals surface area contributed by atoms with Gasteiger partial charge in [0.1, 0.15) is 0 Å². The minimum absolute atomic E-state index is 0.428. The number of hydrogen-bond acceptors (Lipinski definition) is 2. The molecule has 1 aromatic rings. The van der Waals surface area contributed by atoms with Crippen molar-refractivity contribution in [3.63, 3.8) is 0 Å². The summed E-state index contributed by atoms with van der Waals surface area (Å²) in [5.41, 5.74) is 2.22. The fraction of sp³-hybridized carbons (Fsp3) is 0.455. The van der Waals surface area contributed by atoms with Gasteiger partial charge in [-0.25, -0.2) is 0 Å². The number of nitrogens with one attached hydrogen (secondary N) is 1. The van der Waals surface area contributed by atoms with E-state index < -0.39 is 10.8 Å². The van der Waals surface area contributed by atoms with E-state index in [0.29, 0.717) is 11.8 Å². The molecule has 1 rings (SSSR count). The van der Waals surface area contributed by atoms with Gasteiger partial charge < -0.3 is 5.32 Å². The molecule has 2 nitrogen and oxygen atoms in total. The highest BCUT2D eigenvalue weighted by Gasteiger charge is 1.99. The van der Waals surface area contributed by atoms with Crippen molar-refractivity contribution in [2.75, 3.05) is 11.6 Å². The van der Waals surface area contributed by atoms with Gasteiger partial charge in [-0.3, -0.25) is 4.21 Å². The van der Waals surface area contributed by atoms with Crippen LogP contribution in [0.3, 0.4) is 0 Å². The third kappa shape index (κ3) is 3.92. The van der Waals surface area contributed by atoms with Gasteiger partial charge in [-0.05, 0) is 31.5 Å². The number of benzene rings is 1. The summed E-state index contributed by atoms with van der Waals surface area (Å²) in [7, 11) is -0.765. The van der Waals surface area contributed by atoms with Gasteiger partial charge in [0.2, 0.25) is 0 Å². The fourth-order valence-electron chi connectivity index (χ4n) is 1.32. The van der Waals surface area contributed by atoms with Gasteiger partial charge in [-0.15, -0.1) is 0 Å². The predicted octanol–water partition coefficient (Wildman–Crippen LogP) is 2.39. The predicted molar refractivity (Wildman–Crippen MR) is 63.0 cm³/mol. The molecule has 0 amide bonds. The first kappa shape index (κ1) is 11.2. The van der Waals surface area contributed by atoms with Crippen LogP contribution in [0.2, 0.25) is 0 Å². The van der Waals surface area contributed by atoms with Crippen LogP contribution in [0.1, 0.15) is 19.4 Å². The summed E-state index contributed by atoms with van der Waals surface area (Å²) < 4.78 is 11.0. The highest BCUT2D eigenvalue weighted by atomic mass is 32.2. The van der Waals surface area contributed by atoms with E-state index in [1.54, 1.807) is 6.26 Å². The third-order valence-corrected chi connectivity index (χ3v) is 2.49. The quantitative estimate of drug-likeness (QED) is 0.828. The van der Waals surface area contributed by atoms with Crippen LogP contribution in [0.4, 0.5) is 5.69 Å². The molecule has 0 saturated heterocycles. The Balaban J connectivity index is 2.73. The Labute approximate surface area is 88.2 Å². The molecule has 1 atom stereocenters. The Hall–Kier alpha value is -0.830. The minimum Gasteiger partial charge on any atom is -0.383 e. The van der Waals surface area contributed by atoms with Gasteiger partial charge in [0.05, 0.1) is 0 Å². The molecule has 0 fully saturated rings. The van der Waals surface area contributed by atoms with Crippen LogP contribution in [0.25, 0.3) is 0 Å². The summed E-state index contributed by atoms with van der Waals surface area (Å²) in [5.74, 6) is 0.633. The second-order valence-electron chi connectivity index (χ2n) is 3.72. The Bertz CT molecular complexity index is 323. The van der Waals surface area contributed by atoms with Gasteiger partial charge in [-0.1, -0.05) is 12.1 Å². The minimum atomic E-state index is -0.765. The maximum absolute atomic E-state index is 11.0.